The second kappa shape index (κ2) is 4.27. The van der Waals surface area contributed by atoms with Crippen LogP contribution in [0.15, 0.2) is 12.1 Å². The van der Waals surface area contributed by atoms with Crippen molar-refractivity contribution in [1.29, 1.82) is 0 Å². The lowest BCUT2D eigenvalue weighted by atomic mass is 10.1. The van der Waals surface area contributed by atoms with Crippen LogP contribution in [0.25, 0.3) is 0 Å². The SMILES string of the molecule is OC(c1cc(Cl)c2c(c1)OCCO2)C(F)(F)F. The summed E-state index contributed by atoms with van der Waals surface area (Å²) in [6, 6.07) is 2.10. The third-order valence-electron chi connectivity index (χ3n) is 2.24. The summed E-state index contributed by atoms with van der Waals surface area (Å²) in [7, 11) is 0. The van der Waals surface area contributed by atoms with E-state index in [2.05, 4.69) is 0 Å². The summed E-state index contributed by atoms with van der Waals surface area (Å²) >= 11 is 5.76. The maximum Gasteiger partial charge on any atom is 0.418 e. The summed E-state index contributed by atoms with van der Waals surface area (Å²) < 4.78 is 47.3. The molecule has 0 aliphatic carbocycles. The van der Waals surface area contributed by atoms with Gasteiger partial charge in [-0.2, -0.15) is 13.2 Å². The van der Waals surface area contributed by atoms with Crippen molar-refractivity contribution in [2.45, 2.75) is 12.3 Å². The number of halogens is 4. The second-order valence-electron chi connectivity index (χ2n) is 3.47. The van der Waals surface area contributed by atoms with Crippen LogP contribution in [-0.4, -0.2) is 24.5 Å². The van der Waals surface area contributed by atoms with E-state index in [0.29, 0.717) is 0 Å². The number of aliphatic hydroxyl groups is 1. The molecule has 1 N–H and O–H groups in total. The Morgan fingerprint density at radius 3 is 2.53 bits per heavy atom. The first kappa shape index (κ1) is 12.3. The zero-order chi connectivity index (χ0) is 12.6. The number of aliphatic hydroxyl groups excluding tert-OH is 1. The Hall–Kier alpha value is -1.14. The number of fused-ring (bicyclic) bond motifs is 1. The van der Waals surface area contributed by atoms with E-state index in [0.717, 1.165) is 12.1 Å². The zero-order valence-corrected chi connectivity index (χ0v) is 9.18. The summed E-state index contributed by atoms with van der Waals surface area (Å²) in [5.74, 6) is 0.318. The van der Waals surface area contributed by atoms with Crippen LogP contribution in [0.3, 0.4) is 0 Å². The Bertz CT molecular complexity index is 434. The molecule has 7 heteroatoms. The lowest BCUT2D eigenvalue weighted by molar-refractivity contribution is -0.206. The Kier molecular flexibility index (Phi) is 3.09. The molecule has 3 nitrogen and oxygen atoms in total. The fourth-order valence-corrected chi connectivity index (χ4v) is 1.75. The van der Waals surface area contributed by atoms with Crippen molar-refractivity contribution in [1.82, 2.24) is 0 Å². The molecule has 94 valence electrons. The Morgan fingerprint density at radius 1 is 1.24 bits per heavy atom. The Labute approximate surface area is 99.7 Å². The van der Waals surface area contributed by atoms with Gasteiger partial charge in [-0.05, 0) is 17.7 Å². The molecule has 1 heterocycles. The van der Waals surface area contributed by atoms with E-state index in [1.54, 1.807) is 0 Å². The van der Waals surface area contributed by atoms with Crippen LogP contribution < -0.4 is 9.47 Å². The third-order valence-corrected chi connectivity index (χ3v) is 2.53. The van der Waals surface area contributed by atoms with E-state index in [9.17, 15) is 13.2 Å². The molecule has 0 amide bonds. The second-order valence-corrected chi connectivity index (χ2v) is 3.88. The average molecular weight is 269 g/mol. The summed E-state index contributed by atoms with van der Waals surface area (Å²) in [6.45, 7) is 0.517. The van der Waals surface area contributed by atoms with Crippen LogP contribution in [0.5, 0.6) is 11.5 Å². The molecule has 1 unspecified atom stereocenters. The van der Waals surface area contributed by atoms with Gasteiger partial charge in [-0.3, -0.25) is 0 Å². The first-order chi connectivity index (χ1) is 7.89. The predicted octanol–water partition coefficient (Wildman–Crippen LogP) is 2.71. The molecular formula is C10H8ClF3O3. The molecule has 17 heavy (non-hydrogen) atoms. The molecule has 0 aromatic heterocycles. The van der Waals surface area contributed by atoms with E-state index in [1.807, 2.05) is 0 Å². The minimum absolute atomic E-state index is 0.0134. The largest absolute Gasteiger partial charge is 0.486 e. The number of benzene rings is 1. The number of rotatable bonds is 1. The van der Waals surface area contributed by atoms with Gasteiger partial charge in [0.15, 0.2) is 17.6 Å². The van der Waals surface area contributed by atoms with Gasteiger partial charge in [0.25, 0.3) is 0 Å². The molecule has 1 aromatic carbocycles. The number of alkyl halides is 3. The van der Waals surface area contributed by atoms with Gasteiger partial charge in [0, 0.05) is 0 Å². The van der Waals surface area contributed by atoms with Crippen molar-refractivity contribution in [2.24, 2.45) is 0 Å². The Balaban J connectivity index is 2.41. The number of hydrogen-bond donors (Lipinski definition) is 1. The minimum atomic E-state index is -4.74. The summed E-state index contributed by atoms with van der Waals surface area (Å²) in [6.07, 6.45) is -7.33. The highest BCUT2D eigenvalue weighted by Crippen LogP contribution is 2.42. The maximum absolute atomic E-state index is 12.3. The molecule has 0 spiro atoms. The fourth-order valence-electron chi connectivity index (χ4n) is 1.48. The van der Waals surface area contributed by atoms with E-state index in [-0.39, 0.29) is 35.3 Å². The molecule has 1 aliphatic heterocycles. The van der Waals surface area contributed by atoms with Crippen molar-refractivity contribution in [3.63, 3.8) is 0 Å². The van der Waals surface area contributed by atoms with Crippen LogP contribution >= 0.6 is 11.6 Å². The van der Waals surface area contributed by atoms with Gasteiger partial charge in [-0.15, -0.1) is 0 Å². The van der Waals surface area contributed by atoms with E-state index < -0.39 is 12.3 Å². The summed E-state index contributed by atoms with van der Waals surface area (Å²) in [4.78, 5) is 0. The number of hydrogen-bond acceptors (Lipinski definition) is 3. The van der Waals surface area contributed by atoms with Gasteiger partial charge < -0.3 is 14.6 Å². The highest BCUT2D eigenvalue weighted by Gasteiger charge is 2.40. The molecule has 0 bridgehead atoms. The smallest absolute Gasteiger partial charge is 0.418 e. The van der Waals surface area contributed by atoms with Crippen molar-refractivity contribution in [2.75, 3.05) is 13.2 Å². The van der Waals surface area contributed by atoms with Gasteiger partial charge in [-0.1, -0.05) is 11.6 Å². The van der Waals surface area contributed by atoms with E-state index >= 15 is 0 Å². The van der Waals surface area contributed by atoms with Crippen molar-refractivity contribution < 1.29 is 27.8 Å². The minimum Gasteiger partial charge on any atom is -0.486 e. The lowest BCUT2D eigenvalue weighted by Gasteiger charge is -2.22. The first-order valence-electron chi connectivity index (χ1n) is 4.73. The highest BCUT2D eigenvalue weighted by atomic mass is 35.5. The Morgan fingerprint density at radius 2 is 1.88 bits per heavy atom. The molecule has 1 aliphatic rings. The molecule has 1 aromatic rings. The molecule has 0 saturated carbocycles. The monoisotopic (exact) mass is 268 g/mol. The van der Waals surface area contributed by atoms with Crippen LogP contribution in [0, 0.1) is 0 Å². The summed E-state index contributed by atoms with van der Waals surface area (Å²) in [5, 5.41) is 9.09. The van der Waals surface area contributed by atoms with Crippen LogP contribution in [-0.2, 0) is 0 Å². The quantitative estimate of drug-likeness (QED) is 0.851. The van der Waals surface area contributed by atoms with Crippen LogP contribution in [0.4, 0.5) is 13.2 Å². The highest BCUT2D eigenvalue weighted by molar-refractivity contribution is 6.32. The molecule has 1 atom stereocenters. The third kappa shape index (κ3) is 2.42. The van der Waals surface area contributed by atoms with Crippen LogP contribution in [0.1, 0.15) is 11.7 Å². The topological polar surface area (TPSA) is 38.7 Å². The molecule has 0 saturated heterocycles. The van der Waals surface area contributed by atoms with Gasteiger partial charge in [0.2, 0.25) is 0 Å². The van der Waals surface area contributed by atoms with Gasteiger partial charge in [0.1, 0.15) is 13.2 Å². The molecule has 2 rings (SSSR count). The number of ether oxygens (including phenoxy) is 2. The molecule has 0 fully saturated rings. The lowest BCUT2D eigenvalue weighted by Crippen LogP contribution is -2.21. The summed E-state index contributed by atoms with van der Waals surface area (Å²) in [5.41, 5.74) is -0.369. The average Bonchev–Trinajstić information content (AvgIpc) is 2.27. The van der Waals surface area contributed by atoms with Gasteiger partial charge in [0.05, 0.1) is 5.02 Å². The molecule has 0 radical (unpaired) electrons. The van der Waals surface area contributed by atoms with Crippen LogP contribution in [0.2, 0.25) is 5.02 Å². The van der Waals surface area contributed by atoms with Crippen molar-refractivity contribution in [3.05, 3.63) is 22.7 Å². The van der Waals surface area contributed by atoms with Gasteiger partial charge in [-0.25, -0.2) is 0 Å². The maximum atomic E-state index is 12.3. The van der Waals surface area contributed by atoms with E-state index in [4.69, 9.17) is 26.2 Å². The molecular weight excluding hydrogens is 261 g/mol. The zero-order valence-electron chi connectivity index (χ0n) is 8.42. The first-order valence-corrected chi connectivity index (χ1v) is 5.11. The fraction of sp³-hybridized carbons (Fsp3) is 0.400. The standard InChI is InChI=1S/C10H8ClF3O3/c11-6-3-5(9(15)10(12,13)14)4-7-8(6)17-2-1-16-7/h3-4,9,15H,1-2H2. The van der Waals surface area contributed by atoms with Crippen molar-refractivity contribution >= 4 is 11.6 Å². The van der Waals surface area contributed by atoms with Crippen molar-refractivity contribution in [3.8, 4) is 11.5 Å². The van der Waals surface area contributed by atoms with E-state index in [1.165, 1.54) is 0 Å². The normalized spacial score (nSPS) is 16.8. The van der Waals surface area contributed by atoms with Gasteiger partial charge >= 0.3 is 6.18 Å². The predicted molar refractivity (Wildman–Crippen MR) is 53.5 cm³/mol.